The Morgan fingerprint density at radius 2 is 2.38 bits per heavy atom. The minimum atomic E-state index is -0.922. The smallest absolute Gasteiger partial charge is 0.327 e. The summed E-state index contributed by atoms with van der Waals surface area (Å²) in [6.45, 7) is 0.199. The van der Waals surface area contributed by atoms with Crippen molar-refractivity contribution in [1.29, 1.82) is 0 Å². The first-order valence-corrected chi connectivity index (χ1v) is 5.07. The molecule has 2 N–H and O–H groups in total. The average molecular weight is 204 g/mol. The van der Waals surface area contributed by atoms with Crippen molar-refractivity contribution in [3.05, 3.63) is 0 Å². The summed E-state index contributed by atoms with van der Waals surface area (Å²) in [5.41, 5.74) is 0. The second kappa shape index (κ2) is 4.48. The molecule has 1 amide bonds. The fourth-order valence-corrected chi connectivity index (χ4v) is 2.32. The number of aliphatic carboxylic acids is 1. The minimum Gasteiger partial charge on any atom is -0.480 e. The lowest BCUT2D eigenvalue weighted by molar-refractivity contribution is -0.147. The molecule has 1 aliphatic heterocycles. The fourth-order valence-electron chi connectivity index (χ4n) is 1.15. The highest BCUT2D eigenvalue weighted by molar-refractivity contribution is 7.99. The summed E-state index contributed by atoms with van der Waals surface area (Å²) in [6, 6.07) is -0.647. The van der Waals surface area contributed by atoms with Crippen molar-refractivity contribution in [2.45, 2.75) is 6.04 Å². The van der Waals surface area contributed by atoms with Crippen LogP contribution in [-0.4, -0.2) is 53.1 Å². The number of hydrogen-bond acceptors (Lipinski definition) is 4. The SMILES string of the molecule is CNCC(=O)N1CSCC1C(=O)O. The first-order chi connectivity index (χ1) is 6.16. The topological polar surface area (TPSA) is 69.6 Å². The number of thioether (sulfide) groups is 1. The third-order valence-electron chi connectivity index (χ3n) is 1.82. The number of amides is 1. The van der Waals surface area contributed by atoms with E-state index in [-0.39, 0.29) is 12.5 Å². The number of hydrogen-bond donors (Lipinski definition) is 2. The number of carbonyl (C=O) groups is 2. The van der Waals surface area contributed by atoms with Crippen LogP contribution in [0.15, 0.2) is 0 Å². The van der Waals surface area contributed by atoms with Gasteiger partial charge in [0.15, 0.2) is 0 Å². The maximum atomic E-state index is 11.3. The van der Waals surface area contributed by atoms with Crippen LogP contribution in [0.3, 0.4) is 0 Å². The van der Waals surface area contributed by atoms with Gasteiger partial charge in [-0.1, -0.05) is 0 Å². The van der Waals surface area contributed by atoms with Gasteiger partial charge >= 0.3 is 5.97 Å². The Bertz CT molecular complexity index is 222. The molecule has 1 fully saturated rings. The molecule has 0 bridgehead atoms. The first-order valence-electron chi connectivity index (χ1n) is 3.91. The zero-order chi connectivity index (χ0) is 9.84. The van der Waals surface area contributed by atoms with Crippen LogP contribution in [0.2, 0.25) is 0 Å². The molecule has 0 radical (unpaired) electrons. The van der Waals surface area contributed by atoms with Gasteiger partial charge in [-0.3, -0.25) is 4.79 Å². The number of carboxylic acids is 1. The van der Waals surface area contributed by atoms with E-state index in [1.165, 1.54) is 16.7 Å². The van der Waals surface area contributed by atoms with Gasteiger partial charge in [0.05, 0.1) is 12.4 Å². The summed E-state index contributed by atoms with van der Waals surface area (Å²) in [6.07, 6.45) is 0. The molecule has 1 atom stereocenters. The predicted octanol–water partition coefficient (Wildman–Crippen LogP) is -0.808. The van der Waals surface area contributed by atoms with Gasteiger partial charge in [0.1, 0.15) is 6.04 Å². The van der Waals surface area contributed by atoms with Crippen molar-refractivity contribution < 1.29 is 14.7 Å². The molecular weight excluding hydrogens is 192 g/mol. The Hall–Kier alpha value is -0.750. The van der Waals surface area contributed by atoms with E-state index in [0.717, 1.165) is 0 Å². The van der Waals surface area contributed by atoms with Crippen LogP contribution in [-0.2, 0) is 9.59 Å². The van der Waals surface area contributed by atoms with Gasteiger partial charge < -0.3 is 15.3 Å². The quantitative estimate of drug-likeness (QED) is 0.629. The van der Waals surface area contributed by atoms with Crippen LogP contribution >= 0.6 is 11.8 Å². The van der Waals surface area contributed by atoms with Crippen LogP contribution < -0.4 is 5.32 Å². The van der Waals surface area contributed by atoms with Crippen LogP contribution in [0.25, 0.3) is 0 Å². The van der Waals surface area contributed by atoms with Crippen LogP contribution in [0, 0.1) is 0 Å². The third-order valence-corrected chi connectivity index (χ3v) is 2.83. The van der Waals surface area contributed by atoms with Gasteiger partial charge in [0.25, 0.3) is 0 Å². The van der Waals surface area contributed by atoms with Crippen LogP contribution in [0.1, 0.15) is 0 Å². The van der Waals surface area contributed by atoms with Gasteiger partial charge in [-0.2, -0.15) is 0 Å². The summed E-state index contributed by atoms with van der Waals surface area (Å²) in [5, 5.41) is 11.5. The molecule has 1 rings (SSSR count). The Labute approximate surface area is 80.5 Å². The van der Waals surface area contributed by atoms with E-state index in [4.69, 9.17) is 5.11 Å². The van der Waals surface area contributed by atoms with Crippen molar-refractivity contribution in [3.8, 4) is 0 Å². The average Bonchev–Trinajstić information content (AvgIpc) is 2.52. The number of carbonyl (C=O) groups excluding carboxylic acids is 1. The molecule has 0 aromatic carbocycles. The normalized spacial score (nSPS) is 21.9. The van der Waals surface area contributed by atoms with Crippen LogP contribution in [0.5, 0.6) is 0 Å². The minimum absolute atomic E-state index is 0.153. The molecule has 0 saturated carbocycles. The van der Waals surface area contributed by atoms with Crippen molar-refractivity contribution in [2.24, 2.45) is 0 Å². The van der Waals surface area contributed by atoms with E-state index in [0.29, 0.717) is 11.6 Å². The molecule has 6 heteroatoms. The standard InChI is InChI=1S/C7H12N2O3S/c1-8-2-6(10)9-4-13-3-5(9)7(11)12/h5,8H,2-4H2,1H3,(H,11,12). The lowest BCUT2D eigenvalue weighted by Crippen LogP contribution is -2.44. The van der Waals surface area contributed by atoms with Crippen molar-refractivity contribution in [2.75, 3.05) is 25.2 Å². The molecule has 1 heterocycles. The fraction of sp³-hybridized carbons (Fsp3) is 0.714. The summed E-state index contributed by atoms with van der Waals surface area (Å²) in [4.78, 5) is 23.4. The van der Waals surface area contributed by atoms with E-state index in [2.05, 4.69) is 5.32 Å². The zero-order valence-corrected chi connectivity index (χ0v) is 8.13. The molecule has 0 aromatic heterocycles. The molecule has 13 heavy (non-hydrogen) atoms. The molecule has 0 aliphatic carbocycles. The Morgan fingerprint density at radius 1 is 1.69 bits per heavy atom. The highest BCUT2D eigenvalue weighted by Gasteiger charge is 2.33. The van der Waals surface area contributed by atoms with Crippen molar-refractivity contribution in [1.82, 2.24) is 10.2 Å². The first kappa shape index (κ1) is 10.3. The van der Waals surface area contributed by atoms with Crippen molar-refractivity contribution in [3.63, 3.8) is 0 Å². The van der Waals surface area contributed by atoms with E-state index < -0.39 is 12.0 Å². The Kier molecular flexibility index (Phi) is 3.56. The molecular formula is C7H12N2O3S. The second-order valence-corrected chi connectivity index (χ2v) is 3.75. The third kappa shape index (κ3) is 2.35. The summed E-state index contributed by atoms with van der Waals surface area (Å²) in [7, 11) is 1.66. The lowest BCUT2D eigenvalue weighted by Gasteiger charge is -2.19. The van der Waals surface area contributed by atoms with E-state index in [1.807, 2.05) is 0 Å². The number of rotatable bonds is 3. The van der Waals surface area contributed by atoms with Crippen molar-refractivity contribution >= 4 is 23.6 Å². The maximum Gasteiger partial charge on any atom is 0.327 e. The van der Waals surface area contributed by atoms with E-state index in [1.54, 1.807) is 7.05 Å². The summed E-state index contributed by atoms with van der Waals surface area (Å²) < 4.78 is 0. The number of likely N-dealkylation sites (N-methyl/N-ethyl adjacent to an activating group) is 1. The zero-order valence-electron chi connectivity index (χ0n) is 7.32. The lowest BCUT2D eigenvalue weighted by atomic mass is 10.3. The number of nitrogens with zero attached hydrogens (tertiary/aromatic N) is 1. The molecule has 0 aromatic rings. The Morgan fingerprint density at radius 3 is 2.92 bits per heavy atom. The largest absolute Gasteiger partial charge is 0.480 e. The van der Waals surface area contributed by atoms with Gasteiger partial charge in [-0.15, -0.1) is 11.8 Å². The molecule has 1 saturated heterocycles. The van der Waals surface area contributed by atoms with E-state index in [9.17, 15) is 9.59 Å². The number of carboxylic acid groups (broad SMARTS) is 1. The number of nitrogens with one attached hydrogen (secondary N) is 1. The molecule has 1 unspecified atom stereocenters. The summed E-state index contributed by atoms with van der Waals surface area (Å²) in [5.74, 6) is -0.100. The maximum absolute atomic E-state index is 11.3. The molecule has 74 valence electrons. The molecule has 0 spiro atoms. The molecule has 1 aliphatic rings. The second-order valence-electron chi connectivity index (χ2n) is 2.75. The monoisotopic (exact) mass is 204 g/mol. The van der Waals surface area contributed by atoms with Gasteiger partial charge in [0, 0.05) is 5.75 Å². The summed E-state index contributed by atoms with van der Waals surface area (Å²) >= 11 is 1.47. The van der Waals surface area contributed by atoms with Gasteiger partial charge in [0.2, 0.25) is 5.91 Å². The predicted molar refractivity (Wildman–Crippen MR) is 49.5 cm³/mol. The van der Waals surface area contributed by atoms with Crippen LogP contribution in [0.4, 0.5) is 0 Å². The highest BCUT2D eigenvalue weighted by Crippen LogP contribution is 2.20. The van der Waals surface area contributed by atoms with Gasteiger partial charge in [-0.05, 0) is 7.05 Å². The van der Waals surface area contributed by atoms with E-state index >= 15 is 0 Å². The van der Waals surface area contributed by atoms with Gasteiger partial charge in [-0.25, -0.2) is 4.79 Å². The Balaban J connectivity index is 2.57. The molecule has 5 nitrogen and oxygen atoms in total. The highest BCUT2D eigenvalue weighted by atomic mass is 32.2.